The Morgan fingerprint density at radius 1 is 1.37 bits per heavy atom. The summed E-state index contributed by atoms with van der Waals surface area (Å²) in [6.45, 7) is 0.145. The predicted molar refractivity (Wildman–Crippen MR) is 94.2 cm³/mol. The number of amides is 1. The molecule has 0 atom stereocenters. The summed E-state index contributed by atoms with van der Waals surface area (Å²) in [6.07, 6.45) is 1.49. The number of hydrogen-bond acceptors (Lipinski definition) is 9. The molecule has 0 saturated carbocycles. The topological polar surface area (TPSA) is 134 Å². The summed E-state index contributed by atoms with van der Waals surface area (Å²) in [7, 11) is 1.36. The lowest BCUT2D eigenvalue weighted by Crippen LogP contribution is -2.24. The third-order valence-corrected chi connectivity index (χ3v) is 4.21. The number of aromatic nitrogens is 2. The fraction of sp³-hybridized carbons (Fsp3) is 0.188. The molecule has 11 heteroatoms. The lowest BCUT2D eigenvalue weighted by atomic mass is 10.2. The molecule has 0 aliphatic rings. The van der Waals surface area contributed by atoms with Crippen LogP contribution in [-0.4, -0.2) is 33.9 Å². The van der Waals surface area contributed by atoms with E-state index in [4.69, 9.17) is 13.6 Å². The zero-order valence-corrected chi connectivity index (χ0v) is 14.9. The van der Waals surface area contributed by atoms with Gasteiger partial charge in [-0.05, 0) is 23.8 Å². The van der Waals surface area contributed by atoms with Gasteiger partial charge < -0.3 is 18.9 Å². The molecule has 0 spiro atoms. The standard InChI is InChI=1S/C16H14N4O6S/c1-24-12-5-4-10(7-11(12)20(22)23)8-17-14(21)9-27-16-19-18-15(26-16)13-3-2-6-25-13/h2-7H,8-9H2,1H3,(H,17,21). The van der Waals surface area contributed by atoms with Crippen molar-refractivity contribution in [2.75, 3.05) is 12.9 Å². The molecule has 1 amide bonds. The maximum absolute atomic E-state index is 12.0. The number of rotatable bonds is 8. The van der Waals surface area contributed by atoms with Crippen molar-refractivity contribution in [2.24, 2.45) is 0 Å². The predicted octanol–water partition coefficient (Wildman–Crippen LogP) is 2.65. The third-order valence-electron chi connectivity index (χ3n) is 3.39. The second-order valence-corrected chi connectivity index (χ2v) is 6.11. The fourth-order valence-electron chi connectivity index (χ4n) is 2.14. The Hall–Kier alpha value is -3.34. The smallest absolute Gasteiger partial charge is 0.311 e. The summed E-state index contributed by atoms with van der Waals surface area (Å²) in [5, 5.41) is 21.6. The van der Waals surface area contributed by atoms with Crippen LogP contribution in [0.2, 0.25) is 0 Å². The number of furan rings is 1. The molecular formula is C16H14N4O6S. The third kappa shape index (κ3) is 4.64. The molecule has 3 rings (SSSR count). The quantitative estimate of drug-likeness (QED) is 0.350. The van der Waals surface area contributed by atoms with Crippen molar-refractivity contribution in [1.82, 2.24) is 15.5 Å². The van der Waals surface area contributed by atoms with Crippen LogP contribution in [0.25, 0.3) is 11.7 Å². The Morgan fingerprint density at radius 2 is 2.22 bits per heavy atom. The maximum atomic E-state index is 12.0. The van der Waals surface area contributed by atoms with Gasteiger partial charge in [0.25, 0.3) is 11.1 Å². The molecule has 0 aliphatic heterocycles. The number of carbonyl (C=O) groups excluding carboxylic acids is 1. The van der Waals surface area contributed by atoms with E-state index in [1.165, 1.54) is 25.5 Å². The lowest BCUT2D eigenvalue weighted by molar-refractivity contribution is -0.385. The fourth-order valence-corrected chi connectivity index (χ4v) is 2.73. The molecule has 3 aromatic rings. The van der Waals surface area contributed by atoms with Gasteiger partial charge in [0, 0.05) is 12.6 Å². The van der Waals surface area contributed by atoms with Gasteiger partial charge in [-0.3, -0.25) is 14.9 Å². The van der Waals surface area contributed by atoms with Crippen molar-refractivity contribution in [1.29, 1.82) is 0 Å². The number of ether oxygens (including phenoxy) is 1. The summed E-state index contributed by atoms with van der Waals surface area (Å²) < 4.78 is 15.5. The van der Waals surface area contributed by atoms with Gasteiger partial charge in [0.15, 0.2) is 11.5 Å². The first kappa shape index (κ1) is 18.5. The second kappa shape index (κ2) is 8.36. The maximum Gasteiger partial charge on any atom is 0.311 e. The number of benzene rings is 1. The number of hydrogen-bond donors (Lipinski definition) is 1. The van der Waals surface area contributed by atoms with E-state index in [0.29, 0.717) is 11.3 Å². The second-order valence-electron chi connectivity index (χ2n) is 5.18. The Labute approximate surface area is 157 Å². The van der Waals surface area contributed by atoms with Crippen LogP contribution in [0.5, 0.6) is 5.75 Å². The van der Waals surface area contributed by atoms with Gasteiger partial charge in [0.1, 0.15) is 0 Å². The largest absolute Gasteiger partial charge is 0.490 e. The van der Waals surface area contributed by atoms with Crippen LogP contribution in [-0.2, 0) is 11.3 Å². The van der Waals surface area contributed by atoms with Crippen LogP contribution in [0, 0.1) is 10.1 Å². The van der Waals surface area contributed by atoms with Gasteiger partial charge in [-0.1, -0.05) is 17.8 Å². The molecule has 0 saturated heterocycles. The lowest BCUT2D eigenvalue weighted by Gasteiger charge is -2.06. The highest BCUT2D eigenvalue weighted by atomic mass is 32.2. The average Bonchev–Trinajstić information content (AvgIpc) is 3.35. The monoisotopic (exact) mass is 390 g/mol. The minimum Gasteiger partial charge on any atom is -0.490 e. The van der Waals surface area contributed by atoms with Gasteiger partial charge >= 0.3 is 5.69 Å². The normalized spacial score (nSPS) is 10.6. The Morgan fingerprint density at radius 3 is 2.93 bits per heavy atom. The highest BCUT2D eigenvalue weighted by Gasteiger charge is 2.16. The van der Waals surface area contributed by atoms with Crippen molar-refractivity contribution in [3.05, 3.63) is 52.3 Å². The highest BCUT2D eigenvalue weighted by Crippen LogP contribution is 2.27. The number of thioether (sulfide) groups is 1. The van der Waals surface area contributed by atoms with Crippen molar-refractivity contribution >= 4 is 23.4 Å². The van der Waals surface area contributed by atoms with Crippen molar-refractivity contribution in [2.45, 2.75) is 11.8 Å². The van der Waals surface area contributed by atoms with E-state index in [2.05, 4.69) is 15.5 Å². The van der Waals surface area contributed by atoms with Crippen LogP contribution in [0.4, 0.5) is 5.69 Å². The summed E-state index contributed by atoms with van der Waals surface area (Å²) in [5.74, 6) is 0.608. The van der Waals surface area contributed by atoms with Gasteiger partial charge in [-0.2, -0.15) is 0 Å². The molecule has 0 aliphatic carbocycles. The van der Waals surface area contributed by atoms with E-state index in [9.17, 15) is 14.9 Å². The van der Waals surface area contributed by atoms with Crippen molar-refractivity contribution in [3.63, 3.8) is 0 Å². The zero-order chi connectivity index (χ0) is 19.2. The number of methoxy groups -OCH3 is 1. The number of carbonyl (C=O) groups is 1. The minimum absolute atomic E-state index is 0.0536. The van der Waals surface area contributed by atoms with Crippen molar-refractivity contribution in [3.8, 4) is 17.4 Å². The Kier molecular flexibility index (Phi) is 5.71. The van der Waals surface area contributed by atoms with E-state index in [1.807, 2.05) is 0 Å². The van der Waals surface area contributed by atoms with Gasteiger partial charge in [0.05, 0.1) is 24.0 Å². The molecule has 27 heavy (non-hydrogen) atoms. The number of nitrogens with zero attached hydrogens (tertiary/aromatic N) is 3. The van der Waals surface area contributed by atoms with E-state index >= 15 is 0 Å². The van der Waals surface area contributed by atoms with Crippen LogP contribution in [0.15, 0.2) is 50.7 Å². The highest BCUT2D eigenvalue weighted by molar-refractivity contribution is 7.99. The molecule has 0 bridgehead atoms. The first-order valence-electron chi connectivity index (χ1n) is 7.65. The van der Waals surface area contributed by atoms with Gasteiger partial charge in [0.2, 0.25) is 5.91 Å². The van der Waals surface area contributed by atoms with E-state index in [0.717, 1.165) is 11.8 Å². The van der Waals surface area contributed by atoms with Crippen LogP contribution >= 0.6 is 11.8 Å². The molecule has 10 nitrogen and oxygen atoms in total. The first-order valence-corrected chi connectivity index (χ1v) is 8.63. The molecular weight excluding hydrogens is 376 g/mol. The minimum atomic E-state index is -0.536. The van der Waals surface area contributed by atoms with E-state index in [-0.39, 0.29) is 40.8 Å². The van der Waals surface area contributed by atoms with Gasteiger partial charge in [-0.25, -0.2) is 0 Å². The van der Waals surface area contributed by atoms with Gasteiger partial charge in [-0.15, -0.1) is 10.2 Å². The Bertz CT molecular complexity index is 940. The number of nitro benzene ring substituents is 1. The molecule has 2 aromatic heterocycles. The molecule has 0 fully saturated rings. The zero-order valence-electron chi connectivity index (χ0n) is 14.1. The first-order chi connectivity index (χ1) is 13.1. The van der Waals surface area contributed by atoms with Crippen LogP contribution in [0.1, 0.15) is 5.56 Å². The summed E-state index contributed by atoms with van der Waals surface area (Å²) in [6, 6.07) is 7.88. The molecule has 0 unspecified atom stereocenters. The molecule has 0 radical (unpaired) electrons. The molecule has 140 valence electrons. The van der Waals surface area contributed by atoms with Crippen LogP contribution in [0.3, 0.4) is 0 Å². The van der Waals surface area contributed by atoms with E-state index in [1.54, 1.807) is 18.2 Å². The number of nitrogens with one attached hydrogen (secondary N) is 1. The molecule has 1 N–H and O–H groups in total. The van der Waals surface area contributed by atoms with Crippen molar-refractivity contribution < 1.29 is 23.3 Å². The SMILES string of the molecule is COc1ccc(CNC(=O)CSc2nnc(-c3ccco3)o2)cc1[N+](=O)[O-]. The van der Waals surface area contributed by atoms with E-state index < -0.39 is 4.92 Å². The number of nitro groups is 1. The summed E-state index contributed by atoms with van der Waals surface area (Å²) in [4.78, 5) is 22.5. The molecule has 1 aromatic carbocycles. The summed E-state index contributed by atoms with van der Waals surface area (Å²) >= 11 is 1.07. The van der Waals surface area contributed by atoms with Crippen LogP contribution < -0.4 is 10.1 Å². The summed E-state index contributed by atoms with van der Waals surface area (Å²) in [5.41, 5.74) is 0.425. The molecule has 2 heterocycles. The average molecular weight is 390 g/mol. The Balaban J connectivity index is 1.51.